The molecule has 0 aromatic heterocycles. The molecule has 2 aromatic rings. The molecule has 1 fully saturated rings. The molecule has 4 rings (SSSR count). The fraction of sp³-hybridized carbons (Fsp3) is 0.520. The molecule has 2 aliphatic heterocycles. The van der Waals surface area contributed by atoms with Gasteiger partial charge in [0.05, 0.1) is 13.7 Å². The highest BCUT2D eigenvalue weighted by Crippen LogP contribution is 2.36. The molecule has 0 saturated carbocycles. The summed E-state index contributed by atoms with van der Waals surface area (Å²) in [6.45, 7) is 3.13. The highest BCUT2D eigenvalue weighted by molar-refractivity contribution is 5.45. The second kappa shape index (κ2) is 9.71. The van der Waals surface area contributed by atoms with Crippen molar-refractivity contribution in [2.45, 2.75) is 43.9 Å². The number of fused-ring (bicyclic) bond motifs is 1. The van der Waals surface area contributed by atoms with E-state index in [1.54, 1.807) is 12.0 Å². The van der Waals surface area contributed by atoms with Crippen LogP contribution in [0, 0.1) is 0 Å². The van der Waals surface area contributed by atoms with E-state index in [1.807, 2.05) is 18.2 Å². The summed E-state index contributed by atoms with van der Waals surface area (Å²) in [7, 11) is 3.78. The molecule has 0 bridgehead atoms. The first-order valence-electron chi connectivity index (χ1n) is 11.2. The van der Waals surface area contributed by atoms with Crippen molar-refractivity contribution < 1.29 is 22.6 Å². The van der Waals surface area contributed by atoms with Crippen LogP contribution in [0.4, 0.5) is 13.2 Å². The van der Waals surface area contributed by atoms with Gasteiger partial charge in [-0.15, -0.1) is 0 Å². The number of halogens is 3. The third-order valence-electron chi connectivity index (χ3n) is 6.54. The quantitative estimate of drug-likeness (QED) is 0.553. The molecule has 1 unspecified atom stereocenters. The van der Waals surface area contributed by atoms with Crippen LogP contribution in [0.5, 0.6) is 11.5 Å². The van der Waals surface area contributed by atoms with Crippen molar-refractivity contribution in [2.75, 3.05) is 40.4 Å². The van der Waals surface area contributed by atoms with E-state index >= 15 is 0 Å². The summed E-state index contributed by atoms with van der Waals surface area (Å²) in [4.78, 5) is 3.84. The van der Waals surface area contributed by atoms with Gasteiger partial charge in [0, 0.05) is 25.6 Å². The summed E-state index contributed by atoms with van der Waals surface area (Å²) in [6.07, 6.45) is -2.74. The first-order valence-corrected chi connectivity index (χ1v) is 11.2. The van der Waals surface area contributed by atoms with Gasteiger partial charge in [0.25, 0.3) is 0 Å². The minimum atomic E-state index is -4.14. The maximum Gasteiger partial charge on any atom is 0.404 e. The molecule has 2 aromatic carbocycles. The Bertz CT molecular complexity index is 901. The molecule has 0 aliphatic carbocycles. The van der Waals surface area contributed by atoms with Crippen molar-refractivity contribution in [3.8, 4) is 11.5 Å². The number of ether oxygens (including phenoxy) is 2. The van der Waals surface area contributed by atoms with Gasteiger partial charge in [0.1, 0.15) is 17.5 Å². The number of likely N-dealkylation sites (tertiary alicyclic amines) is 1. The molecule has 32 heavy (non-hydrogen) atoms. The average molecular weight is 449 g/mol. The highest BCUT2D eigenvalue weighted by atomic mass is 19.4. The van der Waals surface area contributed by atoms with E-state index in [4.69, 9.17) is 9.47 Å². The molecule has 0 amide bonds. The number of methoxy groups -OCH3 is 1. The topological polar surface area (TPSA) is 24.9 Å². The first-order chi connectivity index (χ1) is 15.3. The van der Waals surface area contributed by atoms with Crippen molar-refractivity contribution in [1.82, 2.24) is 9.80 Å². The average Bonchev–Trinajstić information content (AvgIpc) is 3.25. The Balaban J connectivity index is 1.37. The molecule has 2 aliphatic rings. The smallest absolute Gasteiger partial charge is 0.404 e. The summed E-state index contributed by atoms with van der Waals surface area (Å²) in [5.41, 5.74) is 3.77. The molecule has 0 N–H and O–H groups in total. The van der Waals surface area contributed by atoms with Crippen molar-refractivity contribution in [1.29, 1.82) is 0 Å². The van der Waals surface area contributed by atoms with Crippen LogP contribution in [0.2, 0.25) is 0 Å². The monoisotopic (exact) mass is 448 g/mol. The maximum absolute atomic E-state index is 13.1. The largest absolute Gasteiger partial charge is 0.497 e. The zero-order chi connectivity index (χ0) is 22.7. The van der Waals surface area contributed by atoms with Crippen LogP contribution in [0.25, 0.3) is 0 Å². The van der Waals surface area contributed by atoms with Crippen molar-refractivity contribution in [2.24, 2.45) is 0 Å². The second-order valence-electron chi connectivity index (χ2n) is 8.82. The fourth-order valence-corrected chi connectivity index (χ4v) is 4.96. The van der Waals surface area contributed by atoms with Gasteiger partial charge in [0.2, 0.25) is 0 Å². The number of benzene rings is 2. The second-order valence-corrected chi connectivity index (χ2v) is 8.82. The number of rotatable bonds is 7. The molecular formula is C25H31F3N2O2. The molecule has 1 saturated heterocycles. The summed E-state index contributed by atoms with van der Waals surface area (Å²) >= 11 is 0. The van der Waals surface area contributed by atoms with E-state index in [0.717, 1.165) is 24.6 Å². The van der Waals surface area contributed by atoms with Gasteiger partial charge in [-0.2, -0.15) is 13.2 Å². The third kappa shape index (κ3) is 5.21. The van der Waals surface area contributed by atoms with Crippen LogP contribution in [0.1, 0.15) is 41.9 Å². The first kappa shape index (κ1) is 22.9. The summed E-state index contributed by atoms with van der Waals surface area (Å²) in [5, 5.41) is 0. The van der Waals surface area contributed by atoms with Crippen LogP contribution >= 0.6 is 0 Å². The van der Waals surface area contributed by atoms with Crippen LogP contribution in [-0.4, -0.2) is 62.4 Å². The minimum Gasteiger partial charge on any atom is -0.497 e. The van der Waals surface area contributed by atoms with E-state index in [2.05, 4.69) is 36.2 Å². The number of hydrogen-bond donors (Lipinski definition) is 0. The lowest BCUT2D eigenvalue weighted by Crippen LogP contribution is -2.41. The zero-order valence-electron chi connectivity index (χ0n) is 18.7. The van der Waals surface area contributed by atoms with Gasteiger partial charge in [-0.05, 0) is 73.8 Å². The molecule has 2 atom stereocenters. The van der Waals surface area contributed by atoms with Gasteiger partial charge in [-0.3, -0.25) is 4.90 Å². The van der Waals surface area contributed by atoms with Crippen molar-refractivity contribution >= 4 is 0 Å². The van der Waals surface area contributed by atoms with E-state index in [9.17, 15) is 13.2 Å². The normalized spacial score (nSPS) is 22.0. The van der Waals surface area contributed by atoms with Crippen LogP contribution in [0.3, 0.4) is 0 Å². The highest BCUT2D eigenvalue weighted by Gasteiger charge is 2.45. The molecule has 2 heterocycles. The van der Waals surface area contributed by atoms with Gasteiger partial charge in [0.15, 0.2) is 0 Å². The Hall–Kier alpha value is -2.25. The molecule has 7 heteroatoms. The van der Waals surface area contributed by atoms with Crippen LogP contribution in [0.15, 0.2) is 42.5 Å². The van der Waals surface area contributed by atoms with Gasteiger partial charge in [-0.25, -0.2) is 0 Å². The summed E-state index contributed by atoms with van der Waals surface area (Å²) in [6, 6.07) is 13.1. The lowest BCUT2D eigenvalue weighted by molar-refractivity contribution is -0.176. The molecule has 4 nitrogen and oxygen atoms in total. The Morgan fingerprint density at radius 3 is 2.53 bits per heavy atom. The summed E-state index contributed by atoms with van der Waals surface area (Å²) in [5.74, 6) is 1.90. The van der Waals surface area contributed by atoms with E-state index < -0.39 is 12.2 Å². The third-order valence-corrected chi connectivity index (χ3v) is 6.54. The van der Waals surface area contributed by atoms with Crippen LogP contribution < -0.4 is 9.47 Å². The van der Waals surface area contributed by atoms with Crippen molar-refractivity contribution in [3.63, 3.8) is 0 Å². The SMILES string of the molecule is COc1ccc(C2CN(C)Cc3cc(OCCCN4CCC[C@H]4C(F)(F)F)ccc32)cc1. The molecule has 0 spiro atoms. The fourth-order valence-electron chi connectivity index (χ4n) is 4.96. The Kier molecular flexibility index (Phi) is 6.96. The lowest BCUT2D eigenvalue weighted by Gasteiger charge is -2.33. The van der Waals surface area contributed by atoms with Gasteiger partial charge < -0.3 is 14.4 Å². The molecular weight excluding hydrogens is 417 g/mol. The predicted molar refractivity (Wildman–Crippen MR) is 118 cm³/mol. The van der Waals surface area contributed by atoms with E-state index in [0.29, 0.717) is 32.5 Å². The summed E-state index contributed by atoms with van der Waals surface area (Å²) < 4.78 is 50.5. The number of hydrogen-bond acceptors (Lipinski definition) is 4. The van der Waals surface area contributed by atoms with Crippen molar-refractivity contribution in [3.05, 3.63) is 59.2 Å². The minimum absolute atomic E-state index is 0.206. The lowest BCUT2D eigenvalue weighted by atomic mass is 9.84. The van der Waals surface area contributed by atoms with E-state index in [1.165, 1.54) is 16.7 Å². The van der Waals surface area contributed by atoms with Crippen LogP contribution in [-0.2, 0) is 6.54 Å². The Labute approximate surface area is 187 Å². The van der Waals surface area contributed by atoms with Gasteiger partial charge >= 0.3 is 6.18 Å². The number of likely N-dealkylation sites (N-methyl/N-ethyl adjacent to an activating group) is 1. The molecule has 0 radical (unpaired) electrons. The standard InChI is InChI=1S/C25H31F3N2O2/c1-29-16-19-15-21(32-14-4-13-30-12-3-5-24(30)25(26,27)28)10-11-22(19)23(17-29)18-6-8-20(31-2)9-7-18/h6-11,15,23-24H,3-5,12-14,16-17H2,1-2H3/t23?,24-/m0/s1. The Morgan fingerprint density at radius 2 is 1.81 bits per heavy atom. The number of nitrogens with zero attached hydrogens (tertiary/aromatic N) is 2. The van der Waals surface area contributed by atoms with E-state index in [-0.39, 0.29) is 12.3 Å². The molecule has 174 valence electrons. The number of alkyl halides is 3. The predicted octanol–water partition coefficient (Wildman–Crippen LogP) is 5.07. The zero-order valence-corrected chi connectivity index (χ0v) is 18.7. The maximum atomic E-state index is 13.1. The Morgan fingerprint density at radius 1 is 1.06 bits per heavy atom. The van der Waals surface area contributed by atoms with Gasteiger partial charge in [-0.1, -0.05) is 18.2 Å².